The highest BCUT2D eigenvalue weighted by molar-refractivity contribution is 6.31. The van der Waals surface area contributed by atoms with Gasteiger partial charge in [0.25, 0.3) is 0 Å². The zero-order valence-corrected chi connectivity index (χ0v) is 13.7. The summed E-state index contributed by atoms with van der Waals surface area (Å²) in [4.78, 5) is 11.9. The van der Waals surface area contributed by atoms with E-state index >= 15 is 0 Å². The minimum absolute atomic E-state index is 0.328. The predicted octanol–water partition coefficient (Wildman–Crippen LogP) is 4.75. The van der Waals surface area contributed by atoms with Crippen LogP contribution in [-0.2, 0) is 4.74 Å². The fourth-order valence-electron chi connectivity index (χ4n) is 3.11. The molecule has 1 aromatic rings. The molecule has 0 aromatic heterocycles. The number of benzene rings is 1. The van der Waals surface area contributed by atoms with E-state index in [-0.39, 0.29) is 5.97 Å². The lowest BCUT2D eigenvalue weighted by Crippen LogP contribution is -2.30. The predicted molar refractivity (Wildman–Crippen MR) is 87.0 cm³/mol. The van der Waals surface area contributed by atoms with Gasteiger partial charge in [-0.3, -0.25) is 0 Å². The van der Waals surface area contributed by atoms with Crippen LogP contribution in [0.1, 0.15) is 49.9 Å². The maximum absolute atomic E-state index is 11.9. The molecule has 1 saturated carbocycles. The van der Waals surface area contributed by atoms with Crippen molar-refractivity contribution in [3.63, 3.8) is 0 Å². The van der Waals surface area contributed by atoms with Crippen LogP contribution in [0.2, 0.25) is 5.02 Å². The minimum Gasteiger partial charge on any atom is -0.465 e. The molecular weight excluding hydrogens is 286 g/mol. The van der Waals surface area contributed by atoms with E-state index in [4.69, 9.17) is 16.3 Å². The molecule has 0 bridgehead atoms. The Morgan fingerprint density at radius 1 is 1.38 bits per heavy atom. The molecule has 4 heteroatoms. The van der Waals surface area contributed by atoms with Gasteiger partial charge < -0.3 is 10.1 Å². The Hall–Kier alpha value is -1.22. The van der Waals surface area contributed by atoms with Crippen LogP contribution in [0.15, 0.2) is 18.2 Å². The number of carbonyl (C=O) groups excluding carboxylic acids is 1. The summed E-state index contributed by atoms with van der Waals surface area (Å²) >= 11 is 6.07. The number of esters is 1. The highest BCUT2D eigenvalue weighted by Crippen LogP contribution is 2.32. The summed E-state index contributed by atoms with van der Waals surface area (Å²) < 4.78 is 4.84. The van der Waals surface area contributed by atoms with Crippen LogP contribution in [0.4, 0.5) is 5.69 Å². The van der Waals surface area contributed by atoms with E-state index < -0.39 is 0 Å². The van der Waals surface area contributed by atoms with Gasteiger partial charge in [0.15, 0.2) is 0 Å². The van der Waals surface area contributed by atoms with Crippen molar-refractivity contribution in [2.75, 3.05) is 12.4 Å². The number of halogens is 1. The van der Waals surface area contributed by atoms with E-state index in [2.05, 4.69) is 19.2 Å². The van der Waals surface area contributed by atoms with Gasteiger partial charge in [0.05, 0.1) is 18.4 Å². The molecule has 1 aliphatic carbocycles. The van der Waals surface area contributed by atoms with E-state index in [1.165, 1.54) is 20.0 Å². The number of anilines is 1. The number of hydrogen-bond acceptors (Lipinski definition) is 3. The van der Waals surface area contributed by atoms with Gasteiger partial charge in [-0.05, 0) is 42.9 Å². The highest BCUT2D eigenvalue weighted by atomic mass is 35.5. The first-order valence-corrected chi connectivity index (χ1v) is 8.03. The average molecular weight is 310 g/mol. The van der Waals surface area contributed by atoms with Gasteiger partial charge in [0.2, 0.25) is 0 Å². The maximum Gasteiger partial charge on any atom is 0.339 e. The lowest BCUT2D eigenvalue weighted by molar-refractivity contribution is 0.0601. The van der Waals surface area contributed by atoms with Gasteiger partial charge in [-0.1, -0.05) is 38.3 Å². The Kier molecular flexibility index (Phi) is 5.51. The van der Waals surface area contributed by atoms with Gasteiger partial charge in [-0.15, -0.1) is 0 Å². The molecule has 0 spiro atoms. The van der Waals surface area contributed by atoms with Crippen molar-refractivity contribution >= 4 is 23.3 Å². The normalized spacial score (nSPS) is 22.1. The molecule has 1 N–H and O–H groups in total. The first-order chi connectivity index (χ1) is 10.0. The molecule has 2 rings (SSSR count). The fraction of sp³-hybridized carbons (Fsp3) is 0.588. The lowest BCUT2D eigenvalue weighted by atomic mass is 9.79. The second kappa shape index (κ2) is 7.17. The molecule has 0 saturated heterocycles. The number of nitrogens with one attached hydrogen (secondary N) is 1. The van der Waals surface area contributed by atoms with Crippen LogP contribution in [0.5, 0.6) is 0 Å². The third-order valence-electron chi connectivity index (χ3n) is 4.40. The van der Waals surface area contributed by atoms with Crippen molar-refractivity contribution in [2.24, 2.45) is 11.8 Å². The minimum atomic E-state index is -0.328. The van der Waals surface area contributed by atoms with Crippen molar-refractivity contribution in [1.29, 1.82) is 0 Å². The molecule has 1 aliphatic rings. The molecule has 1 fully saturated rings. The van der Waals surface area contributed by atoms with Crippen LogP contribution in [0.25, 0.3) is 0 Å². The van der Waals surface area contributed by atoms with Crippen LogP contribution in [0, 0.1) is 11.8 Å². The maximum atomic E-state index is 11.9. The molecule has 2 unspecified atom stereocenters. The summed E-state index contributed by atoms with van der Waals surface area (Å²) in [7, 11) is 1.40. The molecule has 0 aliphatic heterocycles. The zero-order valence-electron chi connectivity index (χ0n) is 13.0. The number of hydrogen-bond donors (Lipinski definition) is 1. The first kappa shape index (κ1) is 16.2. The second-order valence-electron chi connectivity index (χ2n) is 6.19. The Balaban J connectivity index is 2.14. The first-order valence-electron chi connectivity index (χ1n) is 7.65. The number of carbonyl (C=O) groups is 1. The lowest BCUT2D eigenvalue weighted by Gasteiger charge is -2.33. The molecule has 0 amide bonds. The molecular formula is C17H24ClNO2. The van der Waals surface area contributed by atoms with Gasteiger partial charge in [0, 0.05) is 11.1 Å². The van der Waals surface area contributed by atoms with Crippen LogP contribution < -0.4 is 5.32 Å². The molecule has 1 aromatic carbocycles. The Labute approximate surface area is 132 Å². The quantitative estimate of drug-likeness (QED) is 0.815. The van der Waals surface area contributed by atoms with Crippen molar-refractivity contribution in [3.05, 3.63) is 28.8 Å². The Morgan fingerprint density at radius 2 is 2.14 bits per heavy atom. The van der Waals surface area contributed by atoms with Crippen molar-refractivity contribution in [1.82, 2.24) is 0 Å². The number of ether oxygens (including phenoxy) is 1. The van der Waals surface area contributed by atoms with E-state index in [9.17, 15) is 4.79 Å². The largest absolute Gasteiger partial charge is 0.465 e. The Morgan fingerprint density at radius 3 is 2.81 bits per heavy atom. The zero-order chi connectivity index (χ0) is 15.4. The van der Waals surface area contributed by atoms with Gasteiger partial charge in [-0.25, -0.2) is 4.79 Å². The van der Waals surface area contributed by atoms with Gasteiger partial charge >= 0.3 is 5.97 Å². The molecule has 116 valence electrons. The second-order valence-corrected chi connectivity index (χ2v) is 6.63. The summed E-state index contributed by atoms with van der Waals surface area (Å²) in [5.74, 6) is 1.12. The standard InChI is InChI=1S/C17H24ClNO2/c1-11(2)12-5-4-6-14(9-12)19-16-10-13(18)7-8-15(16)17(20)21-3/h7-8,10-12,14,19H,4-6,9H2,1-3H3. The van der Waals surface area contributed by atoms with E-state index in [0.717, 1.165) is 24.4 Å². The number of rotatable bonds is 4. The third kappa shape index (κ3) is 4.13. The van der Waals surface area contributed by atoms with Crippen molar-refractivity contribution in [3.8, 4) is 0 Å². The van der Waals surface area contributed by atoms with E-state index in [1.54, 1.807) is 12.1 Å². The van der Waals surface area contributed by atoms with Crippen LogP contribution in [-0.4, -0.2) is 19.1 Å². The summed E-state index contributed by atoms with van der Waals surface area (Å²) in [5.41, 5.74) is 1.33. The summed E-state index contributed by atoms with van der Waals surface area (Å²) in [5, 5.41) is 4.13. The summed E-state index contributed by atoms with van der Waals surface area (Å²) in [6.45, 7) is 4.57. The van der Waals surface area contributed by atoms with E-state index in [1.807, 2.05) is 6.07 Å². The highest BCUT2D eigenvalue weighted by Gasteiger charge is 2.25. The summed E-state index contributed by atoms with van der Waals surface area (Å²) in [6.07, 6.45) is 4.81. The molecule has 2 atom stereocenters. The smallest absolute Gasteiger partial charge is 0.339 e. The molecule has 3 nitrogen and oxygen atoms in total. The van der Waals surface area contributed by atoms with Crippen LogP contribution in [0.3, 0.4) is 0 Å². The number of methoxy groups -OCH3 is 1. The fourth-order valence-corrected chi connectivity index (χ4v) is 3.28. The monoisotopic (exact) mass is 309 g/mol. The average Bonchev–Trinajstić information content (AvgIpc) is 2.47. The molecule has 0 heterocycles. The van der Waals surface area contributed by atoms with Gasteiger partial charge in [-0.2, -0.15) is 0 Å². The van der Waals surface area contributed by atoms with Crippen molar-refractivity contribution < 1.29 is 9.53 Å². The molecule has 0 radical (unpaired) electrons. The SMILES string of the molecule is COC(=O)c1ccc(Cl)cc1NC1CCCC(C(C)C)C1. The van der Waals surface area contributed by atoms with Crippen molar-refractivity contribution in [2.45, 2.75) is 45.6 Å². The van der Waals surface area contributed by atoms with Crippen LogP contribution >= 0.6 is 11.6 Å². The summed E-state index contributed by atoms with van der Waals surface area (Å²) in [6, 6.07) is 5.65. The van der Waals surface area contributed by atoms with Gasteiger partial charge in [0.1, 0.15) is 0 Å². The van der Waals surface area contributed by atoms with E-state index in [0.29, 0.717) is 22.5 Å². The molecule has 21 heavy (non-hydrogen) atoms. The Bertz CT molecular complexity index is 502. The third-order valence-corrected chi connectivity index (χ3v) is 4.64. The topological polar surface area (TPSA) is 38.3 Å².